The van der Waals surface area contributed by atoms with Crippen molar-refractivity contribution in [1.82, 2.24) is 15.1 Å². The maximum absolute atomic E-state index is 12.5. The highest BCUT2D eigenvalue weighted by molar-refractivity contribution is 5.84. The van der Waals surface area contributed by atoms with E-state index in [9.17, 15) is 22.8 Å². The second-order valence-corrected chi connectivity index (χ2v) is 7.82. The molecule has 3 fully saturated rings. The molecule has 0 aliphatic carbocycles. The largest absolute Gasteiger partial charge is 0.406 e. The lowest BCUT2D eigenvalue weighted by Gasteiger charge is -2.35. The minimum Gasteiger partial charge on any atom is -0.381 e. The van der Waals surface area contributed by atoms with E-state index in [1.807, 2.05) is 4.90 Å². The van der Waals surface area contributed by atoms with E-state index in [0.717, 1.165) is 30.6 Å². The zero-order valence-corrected chi connectivity index (χ0v) is 15.5. The molecule has 154 valence electrons. The topological polar surface area (TPSA) is 61.9 Å². The molecular formula is C18H28F3N3O3. The van der Waals surface area contributed by atoms with Crippen molar-refractivity contribution in [3.05, 3.63) is 0 Å². The second-order valence-electron chi connectivity index (χ2n) is 7.82. The van der Waals surface area contributed by atoms with Gasteiger partial charge in [0.2, 0.25) is 11.8 Å². The molecule has 0 saturated carbocycles. The molecule has 3 heterocycles. The first-order chi connectivity index (χ1) is 12.8. The van der Waals surface area contributed by atoms with Crippen LogP contribution in [0.1, 0.15) is 38.5 Å². The minimum absolute atomic E-state index is 0.0636. The van der Waals surface area contributed by atoms with E-state index in [0.29, 0.717) is 39.1 Å². The molecule has 0 bridgehead atoms. The molecule has 3 rings (SSSR count). The minimum atomic E-state index is -4.35. The Morgan fingerprint density at radius 1 is 1.07 bits per heavy atom. The Labute approximate surface area is 157 Å². The van der Waals surface area contributed by atoms with Crippen molar-refractivity contribution in [1.29, 1.82) is 0 Å². The van der Waals surface area contributed by atoms with Crippen LogP contribution in [-0.2, 0) is 14.3 Å². The summed E-state index contributed by atoms with van der Waals surface area (Å²) in [6.07, 6.45) is -0.136. The Morgan fingerprint density at radius 3 is 2.37 bits per heavy atom. The van der Waals surface area contributed by atoms with Crippen LogP contribution in [0, 0.1) is 5.92 Å². The summed E-state index contributed by atoms with van der Waals surface area (Å²) >= 11 is 0. The van der Waals surface area contributed by atoms with Gasteiger partial charge in [-0.1, -0.05) is 0 Å². The van der Waals surface area contributed by atoms with Crippen molar-refractivity contribution in [2.45, 2.75) is 56.8 Å². The van der Waals surface area contributed by atoms with E-state index in [1.165, 1.54) is 0 Å². The van der Waals surface area contributed by atoms with Gasteiger partial charge in [0.15, 0.2) is 0 Å². The van der Waals surface area contributed by atoms with Crippen LogP contribution in [0.25, 0.3) is 0 Å². The summed E-state index contributed by atoms with van der Waals surface area (Å²) in [5.41, 5.74) is 0. The molecule has 0 aromatic heterocycles. The molecule has 9 heteroatoms. The first-order valence-corrected chi connectivity index (χ1v) is 9.78. The number of rotatable bonds is 5. The van der Waals surface area contributed by atoms with Gasteiger partial charge in [-0.3, -0.25) is 14.5 Å². The van der Waals surface area contributed by atoms with Gasteiger partial charge in [-0.2, -0.15) is 13.2 Å². The summed E-state index contributed by atoms with van der Waals surface area (Å²) < 4.78 is 42.9. The maximum atomic E-state index is 12.5. The van der Waals surface area contributed by atoms with Crippen LogP contribution in [-0.4, -0.2) is 79.3 Å². The summed E-state index contributed by atoms with van der Waals surface area (Å²) in [6.45, 7) is 1.69. The number of amides is 2. The fourth-order valence-corrected chi connectivity index (χ4v) is 4.29. The van der Waals surface area contributed by atoms with Crippen molar-refractivity contribution in [2.75, 3.05) is 39.4 Å². The molecule has 1 atom stereocenters. The lowest BCUT2D eigenvalue weighted by atomic mass is 9.92. The SMILES string of the molecule is O=C(CC1CCN(C2CCN(CC(F)(F)F)C2=O)CC1)NC1CCOCC1. The third kappa shape index (κ3) is 5.81. The maximum Gasteiger partial charge on any atom is 0.406 e. The Hall–Kier alpha value is -1.35. The highest BCUT2D eigenvalue weighted by atomic mass is 19.4. The van der Waals surface area contributed by atoms with Crippen molar-refractivity contribution in [3.8, 4) is 0 Å². The summed E-state index contributed by atoms with van der Waals surface area (Å²) in [5, 5.41) is 3.07. The van der Waals surface area contributed by atoms with Crippen LogP contribution in [0.5, 0.6) is 0 Å². The van der Waals surface area contributed by atoms with Crippen LogP contribution < -0.4 is 5.32 Å². The summed E-state index contributed by atoms with van der Waals surface area (Å²) in [4.78, 5) is 27.4. The molecule has 3 aliphatic heterocycles. The van der Waals surface area contributed by atoms with Crippen LogP contribution in [0.3, 0.4) is 0 Å². The monoisotopic (exact) mass is 391 g/mol. The third-order valence-corrected chi connectivity index (χ3v) is 5.79. The average molecular weight is 391 g/mol. The predicted octanol–water partition coefficient (Wildman–Crippen LogP) is 1.55. The van der Waals surface area contributed by atoms with Crippen LogP contribution in [0.2, 0.25) is 0 Å². The molecule has 0 spiro atoms. The van der Waals surface area contributed by atoms with E-state index in [2.05, 4.69) is 5.32 Å². The number of nitrogens with zero attached hydrogens (tertiary/aromatic N) is 2. The van der Waals surface area contributed by atoms with Gasteiger partial charge in [0.25, 0.3) is 0 Å². The Bertz CT molecular complexity index is 530. The lowest BCUT2D eigenvalue weighted by Crippen LogP contribution is -2.47. The average Bonchev–Trinajstić information content (AvgIpc) is 2.95. The molecule has 3 saturated heterocycles. The highest BCUT2D eigenvalue weighted by Gasteiger charge is 2.42. The summed E-state index contributed by atoms with van der Waals surface area (Å²) in [7, 11) is 0. The number of alkyl halides is 3. The van der Waals surface area contributed by atoms with Gasteiger partial charge >= 0.3 is 6.18 Å². The normalized spacial score (nSPS) is 26.6. The van der Waals surface area contributed by atoms with E-state index in [4.69, 9.17) is 4.74 Å². The van der Waals surface area contributed by atoms with E-state index >= 15 is 0 Å². The number of halogens is 3. The van der Waals surface area contributed by atoms with Crippen molar-refractivity contribution < 1.29 is 27.5 Å². The Balaban J connectivity index is 1.40. The number of piperidine rings is 1. The zero-order valence-electron chi connectivity index (χ0n) is 15.5. The molecule has 6 nitrogen and oxygen atoms in total. The van der Waals surface area contributed by atoms with Gasteiger partial charge in [0.1, 0.15) is 6.54 Å². The highest BCUT2D eigenvalue weighted by Crippen LogP contribution is 2.28. The molecule has 3 aliphatic rings. The molecule has 2 amide bonds. The molecule has 0 aromatic carbocycles. The fourth-order valence-electron chi connectivity index (χ4n) is 4.29. The lowest BCUT2D eigenvalue weighted by molar-refractivity contribution is -0.159. The Morgan fingerprint density at radius 2 is 1.74 bits per heavy atom. The number of hydrogen-bond donors (Lipinski definition) is 1. The number of carbonyl (C=O) groups excluding carboxylic acids is 2. The molecule has 1 N–H and O–H groups in total. The Kier molecular flexibility index (Phi) is 6.62. The molecule has 27 heavy (non-hydrogen) atoms. The number of likely N-dealkylation sites (tertiary alicyclic amines) is 2. The van der Waals surface area contributed by atoms with E-state index in [-0.39, 0.29) is 24.4 Å². The second kappa shape index (κ2) is 8.77. The number of hydrogen-bond acceptors (Lipinski definition) is 4. The van der Waals surface area contributed by atoms with Gasteiger partial charge in [-0.25, -0.2) is 0 Å². The number of carbonyl (C=O) groups is 2. The van der Waals surface area contributed by atoms with Gasteiger partial charge < -0.3 is 15.0 Å². The number of nitrogens with one attached hydrogen (secondary N) is 1. The quantitative estimate of drug-likeness (QED) is 0.773. The third-order valence-electron chi connectivity index (χ3n) is 5.79. The van der Waals surface area contributed by atoms with Crippen molar-refractivity contribution in [3.63, 3.8) is 0 Å². The van der Waals surface area contributed by atoms with Gasteiger partial charge in [0.05, 0.1) is 6.04 Å². The molecule has 0 aromatic rings. The first kappa shape index (κ1) is 20.4. The van der Waals surface area contributed by atoms with E-state index < -0.39 is 24.7 Å². The van der Waals surface area contributed by atoms with Gasteiger partial charge in [0, 0.05) is 32.2 Å². The molecular weight excluding hydrogens is 363 g/mol. The molecule has 0 radical (unpaired) electrons. The van der Waals surface area contributed by atoms with Crippen molar-refractivity contribution in [2.24, 2.45) is 5.92 Å². The predicted molar refractivity (Wildman–Crippen MR) is 91.9 cm³/mol. The molecule has 1 unspecified atom stereocenters. The van der Waals surface area contributed by atoms with Crippen molar-refractivity contribution >= 4 is 11.8 Å². The van der Waals surface area contributed by atoms with Crippen LogP contribution in [0.4, 0.5) is 13.2 Å². The first-order valence-electron chi connectivity index (χ1n) is 9.78. The summed E-state index contributed by atoms with van der Waals surface area (Å²) in [5.74, 6) is -0.0828. The van der Waals surface area contributed by atoms with Crippen LogP contribution in [0.15, 0.2) is 0 Å². The van der Waals surface area contributed by atoms with E-state index in [1.54, 1.807) is 0 Å². The summed E-state index contributed by atoms with van der Waals surface area (Å²) in [6, 6.07) is -0.244. The number of ether oxygens (including phenoxy) is 1. The zero-order chi connectivity index (χ0) is 19.4. The smallest absolute Gasteiger partial charge is 0.381 e. The fraction of sp³-hybridized carbons (Fsp3) is 0.889. The van der Waals surface area contributed by atoms with Gasteiger partial charge in [-0.15, -0.1) is 0 Å². The standard InChI is InChI=1S/C18H28F3N3O3/c19-18(20,21)12-24-8-3-15(17(24)26)23-6-1-13(2-7-23)11-16(25)22-14-4-9-27-10-5-14/h13-15H,1-12H2,(H,22,25). The van der Waals surface area contributed by atoms with Gasteiger partial charge in [-0.05, 0) is 51.1 Å². The van der Waals surface area contributed by atoms with Crippen LogP contribution >= 0.6 is 0 Å².